The number of aliphatic hydroxyl groups excluding tert-OH is 1. The van der Waals surface area contributed by atoms with Crippen molar-refractivity contribution >= 4 is 0 Å². The number of alkyl halides is 15. The summed E-state index contributed by atoms with van der Waals surface area (Å²) in [4.78, 5) is 0. The molecule has 0 bridgehead atoms. The van der Waals surface area contributed by atoms with Crippen LogP contribution in [0.5, 0.6) is 0 Å². The molecular formula is C8H3F15O. The highest BCUT2D eigenvalue weighted by Gasteiger charge is 2.87. The Morgan fingerprint density at radius 3 is 1.04 bits per heavy atom. The zero-order valence-corrected chi connectivity index (χ0v) is 10.3. The molecule has 0 aromatic carbocycles. The van der Waals surface area contributed by atoms with Gasteiger partial charge in [0.15, 0.2) is 6.10 Å². The van der Waals surface area contributed by atoms with Gasteiger partial charge in [0.25, 0.3) is 0 Å². The van der Waals surface area contributed by atoms with Gasteiger partial charge in [-0.15, -0.1) is 0 Å². The quantitative estimate of drug-likeness (QED) is 0.681. The third kappa shape index (κ3) is 2.96. The maximum absolute atomic E-state index is 13.1. The van der Waals surface area contributed by atoms with Crippen molar-refractivity contribution in [3.05, 3.63) is 0 Å². The highest BCUT2D eigenvalue weighted by atomic mass is 19.4. The lowest BCUT2D eigenvalue weighted by Crippen LogP contribution is -2.72. The Morgan fingerprint density at radius 2 is 0.833 bits per heavy atom. The van der Waals surface area contributed by atoms with Gasteiger partial charge in [-0.3, -0.25) is 0 Å². The highest BCUT2D eigenvalue weighted by molar-refractivity contribution is 5.12. The second kappa shape index (κ2) is 5.72. The molecule has 0 aromatic rings. The minimum atomic E-state index is -7.68. The average Bonchev–Trinajstić information content (AvgIpc) is 2.33. The maximum Gasteiger partial charge on any atom is 0.434 e. The lowest BCUT2D eigenvalue weighted by molar-refractivity contribution is -0.417. The molecular weight excluding hydrogens is 397 g/mol. The molecule has 0 saturated heterocycles. The minimum Gasteiger partial charge on any atom is -0.383 e. The fraction of sp³-hybridized carbons (Fsp3) is 1.00. The van der Waals surface area contributed by atoms with Gasteiger partial charge in [0, 0.05) is 0 Å². The largest absolute Gasteiger partial charge is 0.434 e. The van der Waals surface area contributed by atoms with Gasteiger partial charge >= 0.3 is 42.2 Å². The third-order valence-electron chi connectivity index (χ3n) is 2.66. The number of rotatable bonds is 5. The first-order valence-corrected chi connectivity index (χ1v) is 5.02. The van der Waals surface area contributed by atoms with E-state index in [1.165, 1.54) is 0 Å². The number of aliphatic hydroxyl groups is 1. The zero-order valence-electron chi connectivity index (χ0n) is 10.3. The van der Waals surface area contributed by atoms with Crippen molar-refractivity contribution in [2.24, 2.45) is 0 Å². The fourth-order valence-corrected chi connectivity index (χ4v) is 1.25. The normalized spacial score (nSPS) is 17.4. The molecule has 0 aliphatic heterocycles. The van der Waals surface area contributed by atoms with Gasteiger partial charge < -0.3 is 5.11 Å². The van der Waals surface area contributed by atoms with Gasteiger partial charge in [-0.05, 0) is 0 Å². The van der Waals surface area contributed by atoms with Gasteiger partial charge in [0.05, 0.1) is 0 Å². The molecule has 1 unspecified atom stereocenters. The van der Waals surface area contributed by atoms with Crippen molar-refractivity contribution in [3.63, 3.8) is 0 Å². The van der Waals surface area contributed by atoms with Crippen LogP contribution >= 0.6 is 0 Å². The zero-order chi connectivity index (χ0) is 20.2. The topological polar surface area (TPSA) is 20.2 Å². The van der Waals surface area contributed by atoms with Crippen LogP contribution in [0.4, 0.5) is 65.9 Å². The molecule has 1 atom stereocenters. The van der Waals surface area contributed by atoms with Gasteiger partial charge in [0.1, 0.15) is 0 Å². The van der Waals surface area contributed by atoms with Crippen LogP contribution in [0, 0.1) is 0 Å². The first kappa shape index (κ1) is 22.9. The SMILES string of the molecule is OC(C(F)(F)C(F)(F)C(F)(F)C(F)F)C(F)(C(F)(F)F)C(F)(F)F. The number of hydrogen-bond acceptors (Lipinski definition) is 1. The molecule has 0 heterocycles. The summed E-state index contributed by atoms with van der Waals surface area (Å²) in [5.41, 5.74) is -7.52. The van der Waals surface area contributed by atoms with Crippen molar-refractivity contribution in [2.75, 3.05) is 0 Å². The predicted molar refractivity (Wildman–Crippen MR) is 42.8 cm³/mol. The lowest BCUT2D eigenvalue weighted by atomic mass is 9.87. The monoisotopic (exact) mass is 400 g/mol. The van der Waals surface area contributed by atoms with E-state index in [4.69, 9.17) is 5.11 Å². The Morgan fingerprint density at radius 1 is 0.542 bits per heavy atom. The third-order valence-corrected chi connectivity index (χ3v) is 2.66. The van der Waals surface area contributed by atoms with E-state index in [0.29, 0.717) is 0 Å². The Kier molecular flexibility index (Phi) is 5.46. The molecule has 0 rings (SSSR count). The summed E-state index contributed by atoms with van der Waals surface area (Å²) >= 11 is 0. The Hall–Kier alpha value is -1.09. The first-order valence-electron chi connectivity index (χ1n) is 5.02. The van der Waals surface area contributed by atoms with Gasteiger partial charge in [-0.1, -0.05) is 0 Å². The van der Waals surface area contributed by atoms with Crippen molar-refractivity contribution < 1.29 is 71.0 Å². The summed E-state index contributed by atoms with van der Waals surface area (Å²) in [6, 6.07) is 0. The van der Waals surface area contributed by atoms with E-state index in [2.05, 4.69) is 0 Å². The molecule has 0 radical (unpaired) electrons. The van der Waals surface area contributed by atoms with Crippen LogP contribution in [-0.2, 0) is 0 Å². The average molecular weight is 400 g/mol. The summed E-state index contributed by atoms with van der Waals surface area (Å²) in [5, 5.41) is 8.22. The van der Waals surface area contributed by atoms with E-state index in [0.717, 1.165) is 0 Å². The van der Waals surface area contributed by atoms with Crippen LogP contribution in [-0.4, -0.2) is 53.4 Å². The van der Waals surface area contributed by atoms with Crippen molar-refractivity contribution in [2.45, 2.75) is 48.3 Å². The van der Waals surface area contributed by atoms with E-state index in [-0.39, 0.29) is 0 Å². The van der Waals surface area contributed by atoms with Crippen LogP contribution < -0.4 is 0 Å². The molecule has 0 aliphatic rings. The fourth-order valence-electron chi connectivity index (χ4n) is 1.25. The lowest BCUT2D eigenvalue weighted by Gasteiger charge is -2.41. The van der Waals surface area contributed by atoms with E-state index in [1.54, 1.807) is 0 Å². The van der Waals surface area contributed by atoms with Gasteiger partial charge in [0.2, 0.25) is 0 Å². The standard InChI is InChI=1S/C8H3F15O/c9-2(10)5(14,15)6(16,17)4(12,13)1(24)3(11,7(18,19)20)8(21,22)23/h1-2,24H. The molecule has 0 fully saturated rings. The molecule has 0 amide bonds. The van der Waals surface area contributed by atoms with Crippen LogP contribution in [0.25, 0.3) is 0 Å². The molecule has 0 aromatic heterocycles. The van der Waals surface area contributed by atoms with Crippen LogP contribution in [0.1, 0.15) is 0 Å². The Bertz CT molecular complexity index is 431. The predicted octanol–water partition coefficient (Wildman–Crippen LogP) is 4.35. The molecule has 24 heavy (non-hydrogen) atoms. The van der Waals surface area contributed by atoms with Crippen molar-refractivity contribution in [3.8, 4) is 0 Å². The smallest absolute Gasteiger partial charge is 0.383 e. The summed E-state index contributed by atoms with van der Waals surface area (Å²) in [7, 11) is 0. The van der Waals surface area contributed by atoms with Crippen LogP contribution in [0.2, 0.25) is 0 Å². The summed E-state index contributed by atoms with van der Waals surface area (Å²) in [5.74, 6) is -22.5. The van der Waals surface area contributed by atoms with Gasteiger partial charge in [-0.25, -0.2) is 13.2 Å². The van der Waals surface area contributed by atoms with E-state index in [9.17, 15) is 65.9 Å². The van der Waals surface area contributed by atoms with Crippen molar-refractivity contribution in [1.82, 2.24) is 0 Å². The summed E-state index contributed by atoms with van der Waals surface area (Å²) in [6.45, 7) is 0. The van der Waals surface area contributed by atoms with Gasteiger partial charge in [-0.2, -0.15) is 52.7 Å². The first-order chi connectivity index (χ1) is 10.1. The molecule has 16 heteroatoms. The molecule has 0 saturated carbocycles. The molecule has 1 nitrogen and oxygen atoms in total. The Balaban J connectivity index is 6.39. The minimum absolute atomic E-state index is 5.70. The van der Waals surface area contributed by atoms with E-state index >= 15 is 0 Å². The molecule has 0 aliphatic carbocycles. The second-order valence-corrected chi connectivity index (χ2v) is 4.23. The summed E-state index contributed by atoms with van der Waals surface area (Å²) in [6.07, 6.45) is -27.0. The van der Waals surface area contributed by atoms with E-state index in [1.807, 2.05) is 0 Å². The number of hydrogen-bond donors (Lipinski definition) is 1. The molecule has 146 valence electrons. The maximum atomic E-state index is 13.1. The molecule has 0 spiro atoms. The van der Waals surface area contributed by atoms with E-state index < -0.39 is 48.3 Å². The summed E-state index contributed by atoms with van der Waals surface area (Å²) < 4.78 is 185. The number of halogens is 15. The van der Waals surface area contributed by atoms with Crippen molar-refractivity contribution in [1.29, 1.82) is 0 Å². The highest BCUT2D eigenvalue weighted by Crippen LogP contribution is 2.57. The van der Waals surface area contributed by atoms with Crippen LogP contribution in [0.3, 0.4) is 0 Å². The Labute approximate surface area is 121 Å². The molecule has 1 N–H and O–H groups in total. The second-order valence-electron chi connectivity index (χ2n) is 4.23. The van der Waals surface area contributed by atoms with Crippen LogP contribution in [0.15, 0.2) is 0 Å².